The van der Waals surface area contributed by atoms with Crippen LogP contribution in [0.1, 0.15) is 12.5 Å². The van der Waals surface area contributed by atoms with E-state index in [4.69, 9.17) is 14.2 Å². The van der Waals surface area contributed by atoms with Crippen LogP contribution in [0.2, 0.25) is 0 Å². The second-order valence-electron chi connectivity index (χ2n) is 7.66. The lowest BCUT2D eigenvalue weighted by Gasteiger charge is -2.16. The Labute approximate surface area is 206 Å². The average molecular weight is 516 g/mol. The summed E-state index contributed by atoms with van der Waals surface area (Å²) in [4.78, 5) is 42.6. The highest BCUT2D eigenvalue weighted by Crippen LogP contribution is 2.34. The van der Waals surface area contributed by atoms with Gasteiger partial charge in [-0.2, -0.15) is 0 Å². The number of anilines is 1. The molecule has 2 N–H and O–H groups in total. The van der Waals surface area contributed by atoms with Gasteiger partial charge in [-0.3, -0.25) is 14.6 Å². The first-order valence-electron chi connectivity index (χ1n) is 10.6. The highest BCUT2D eigenvalue weighted by Gasteiger charge is 2.21. The summed E-state index contributed by atoms with van der Waals surface area (Å²) in [7, 11) is 2.50. The monoisotopic (exact) mass is 516 g/mol. The summed E-state index contributed by atoms with van der Waals surface area (Å²) in [5, 5.41) is 2.35. The molecule has 0 spiro atoms. The number of methoxy groups -OCH3 is 2. The maximum Gasteiger partial charge on any atom is 0.334 e. The van der Waals surface area contributed by atoms with Crippen molar-refractivity contribution in [1.82, 2.24) is 14.5 Å². The SMILES string of the molecule is COc1cc(F)c(-n2c(=O)[nH]c(=O)c3cc(NC(C)=O)cnc32)cc1OCc1c(OC)ccc(F)c1F. The number of fused-ring (bicyclic) bond motifs is 1. The number of aromatic amines is 1. The van der Waals surface area contributed by atoms with E-state index in [0.29, 0.717) is 0 Å². The van der Waals surface area contributed by atoms with E-state index in [1.807, 2.05) is 0 Å². The van der Waals surface area contributed by atoms with Gasteiger partial charge in [-0.1, -0.05) is 0 Å². The van der Waals surface area contributed by atoms with E-state index in [0.717, 1.165) is 22.8 Å². The number of ether oxygens (including phenoxy) is 3. The molecule has 10 nitrogen and oxygen atoms in total. The number of benzene rings is 2. The van der Waals surface area contributed by atoms with Gasteiger partial charge in [-0.15, -0.1) is 0 Å². The molecule has 1 amide bonds. The Morgan fingerprint density at radius 3 is 2.43 bits per heavy atom. The second-order valence-corrected chi connectivity index (χ2v) is 7.66. The molecule has 0 saturated heterocycles. The van der Waals surface area contributed by atoms with E-state index in [1.54, 1.807) is 0 Å². The molecule has 37 heavy (non-hydrogen) atoms. The van der Waals surface area contributed by atoms with Gasteiger partial charge in [0.2, 0.25) is 5.91 Å². The average Bonchev–Trinajstić information content (AvgIpc) is 2.86. The van der Waals surface area contributed by atoms with Crippen LogP contribution in [0.5, 0.6) is 17.2 Å². The number of amides is 1. The lowest BCUT2D eigenvalue weighted by molar-refractivity contribution is -0.114. The van der Waals surface area contributed by atoms with E-state index in [-0.39, 0.29) is 45.2 Å². The topological polar surface area (TPSA) is 125 Å². The first kappa shape index (κ1) is 25.3. The smallest absolute Gasteiger partial charge is 0.334 e. The molecule has 0 aliphatic rings. The molecule has 0 atom stereocenters. The summed E-state index contributed by atoms with van der Waals surface area (Å²) >= 11 is 0. The van der Waals surface area contributed by atoms with Crippen molar-refractivity contribution in [3.63, 3.8) is 0 Å². The number of carbonyl (C=O) groups is 1. The van der Waals surface area contributed by atoms with Crippen molar-refractivity contribution >= 4 is 22.6 Å². The van der Waals surface area contributed by atoms with Gasteiger partial charge in [0.1, 0.15) is 12.4 Å². The number of hydrogen-bond acceptors (Lipinski definition) is 7. The molecule has 0 aliphatic heterocycles. The summed E-state index contributed by atoms with van der Waals surface area (Å²) in [5.41, 5.74) is -2.47. The van der Waals surface area contributed by atoms with Gasteiger partial charge in [0.15, 0.2) is 34.6 Å². The van der Waals surface area contributed by atoms with Crippen LogP contribution >= 0.6 is 0 Å². The highest BCUT2D eigenvalue weighted by molar-refractivity contribution is 5.91. The van der Waals surface area contributed by atoms with Gasteiger partial charge in [-0.25, -0.2) is 27.5 Å². The lowest BCUT2D eigenvalue weighted by atomic mass is 10.2. The molecule has 2 aromatic carbocycles. The lowest BCUT2D eigenvalue weighted by Crippen LogP contribution is -2.30. The van der Waals surface area contributed by atoms with E-state index in [9.17, 15) is 23.2 Å². The molecule has 192 valence electrons. The molecule has 4 aromatic rings. The van der Waals surface area contributed by atoms with Crippen molar-refractivity contribution in [1.29, 1.82) is 0 Å². The number of nitrogens with one attached hydrogen (secondary N) is 2. The second kappa shape index (κ2) is 10.0. The van der Waals surface area contributed by atoms with Crippen molar-refractivity contribution in [2.24, 2.45) is 0 Å². The Hall–Kier alpha value is -4.81. The van der Waals surface area contributed by atoms with Crippen LogP contribution in [0.4, 0.5) is 18.9 Å². The van der Waals surface area contributed by atoms with E-state index < -0.39 is 41.2 Å². The van der Waals surface area contributed by atoms with Crippen LogP contribution in [0.15, 0.2) is 46.1 Å². The first-order valence-corrected chi connectivity index (χ1v) is 10.6. The van der Waals surface area contributed by atoms with Crippen LogP contribution in [-0.2, 0) is 11.4 Å². The number of rotatable bonds is 7. The van der Waals surface area contributed by atoms with Gasteiger partial charge in [0.25, 0.3) is 5.56 Å². The maximum atomic E-state index is 15.2. The minimum atomic E-state index is -1.19. The van der Waals surface area contributed by atoms with E-state index >= 15 is 4.39 Å². The zero-order valence-corrected chi connectivity index (χ0v) is 19.6. The zero-order chi connectivity index (χ0) is 26.9. The van der Waals surface area contributed by atoms with Crippen molar-refractivity contribution in [2.45, 2.75) is 13.5 Å². The number of H-pyrrole nitrogens is 1. The number of carbonyl (C=O) groups excluding carboxylic acids is 1. The standard InChI is InChI=1S/C24H19F3N4O6/c1-11(32)29-12-6-13-22(28-9-12)31(24(34)30-23(13)33)17-8-20(19(36-3)7-16(17)26)37-10-14-18(35-2)5-4-15(25)21(14)27/h4-9H,10H2,1-3H3,(H,29,32)(H,30,33,34). The molecular weight excluding hydrogens is 497 g/mol. The predicted octanol–water partition coefficient (Wildman–Crippen LogP) is 3.05. The molecule has 2 heterocycles. The van der Waals surface area contributed by atoms with Gasteiger partial charge in [-0.05, 0) is 18.2 Å². The van der Waals surface area contributed by atoms with Crippen molar-refractivity contribution in [2.75, 3.05) is 19.5 Å². The molecule has 2 aromatic heterocycles. The van der Waals surface area contributed by atoms with Gasteiger partial charge < -0.3 is 19.5 Å². The third kappa shape index (κ3) is 4.83. The molecule has 0 fully saturated rings. The van der Waals surface area contributed by atoms with Gasteiger partial charge >= 0.3 is 5.69 Å². The van der Waals surface area contributed by atoms with Crippen LogP contribution in [0.25, 0.3) is 16.7 Å². The first-order chi connectivity index (χ1) is 17.6. The minimum absolute atomic E-state index is 0.0159. The predicted molar refractivity (Wildman–Crippen MR) is 126 cm³/mol. The molecule has 0 bridgehead atoms. The van der Waals surface area contributed by atoms with Crippen LogP contribution in [0.3, 0.4) is 0 Å². The Balaban J connectivity index is 1.85. The fourth-order valence-electron chi connectivity index (χ4n) is 3.63. The summed E-state index contributed by atoms with van der Waals surface area (Å²) in [5.74, 6) is -3.90. The zero-order valence-electron chi connectivity index (χ0n) is 19.6. The molecule has 4 rings (SSSR count). The molecule has 13 heteroatoms. The third-order valence-corrected chi connectivity index (χ3v) is 5.29. The summed E-state index contributed by atoms with van der Waals surface area (Å²) in [6.07, 6.45) is 1.19. The highest BCUT2D eigenvalue weighted by atomic mass is 19.2. The fraction of sp³-hybridized carbons (Fsp3) is 0.167. The van der Waals surface area contributed by atoms with Crippen molar-refractivity contribution in [3.05, 3.63) is 80.4 Å². The molecular formula is C24H19F3N4O6. The Morgan fingerprint density at radius 1 is 1.03 bits per heavy atom. The Morgan fingerprint density at radius 2 is 1.76 bits per heavy atom. The van der Waals surface area contributed by atoms with Crippen molar-refractivity contribution < 1.29 is 32.2 Å². The summed E-state index contributed by atoms with van der Waals surface area (Å²) in [6.45, 7) is 0.725. The molecule has 0 saturated carbocycles. The molecule has 0 aliphatic carbocycles. The third-order valence-electron chi connectivity index (χ3n) is 5.29. The van der Waals surface area contributed by atoms with Crippen LogP contribution < -0.4 is 30.8 Å². The van der Waals surface area contributed by atoms with E-state index in [1.165, 1.54) is 39.5 Å². The van der Waals surface area contributed by atoms with E-state index in [2.05, 4.69) is 15.3 Å². The van der Waals surface area contributed by atoms with Crippen molar-refractivity contribution in [3.8, 4) is 22.9 Å². The number of pyridine rings is 1. The minimum Gasteiger partial charge on any atom is -0.496 e. The quantitative estimate of drug-likeness (QED) is 0.387. The fourth-order valence-corrected chi connectivity index (χ4v) is 3.63. The normalized spacial score (nSPS) is 10.9. The molecule has 0 unspecified atom stereocenters. The number of hydrogen-bond donors (Lipinski definition) is 2. The van der Waals surface area contributed by atoms with Gasteiger partial charge in [0, 0.05) is 19.1 Å². The Bertz CT molecular complexity index is 1650. The molecule has 0 radical (unpaired) electrons. The van der Waals surface area contributed by atoms with Crippen LogP contribution in [0, 0.1) is 17.5 Å². The largest absolute Gasteiger partial charge is 0.496 e. The number of aromatic nitrogens is 3. The number of nitrogens with zero attached hydrogens (tertiary/aromatic N) is 2. The number of halogens is 3. The maximum absolute atomic E-state index is 15.2. The summed E-state index contributed by atoms with van der Waals surface area (Å²) in [6, 6.07) is 5.39. The summed E-state index contributed by atoms with van der Waals surface area (Å²) < 4.78 is 59.9. The van der Waals surface area contributed by atoms with Crippen LogP contribution in [-0.4, -0.2) is 34.7 Å². The Kier molecular flexibility index (Phi) is 6.87. The van der Waals surface area contributed by atoms with Gasteiger partial charge in [0.05, 0.1) is 42.7 Å².